The van der Waals surface area contributed by atoms with Crippen molar-refractivity contribution >= 4 is 45.1 Å². The number of benzene rings is 2. The number of anilines is 2. The van der Waals surface area contributed by atoms with Gasteiger partial charge in [0.05, 0.1) is 25.8 Å². The summed E-state index contributed by atoms with van der Waals surface area (Å²) in [6, 6.07) is 10.6. The number of methoxy groups -OCH3 is 2. The normalized spacial score (nSPS) is 15.4. The van der Waals surface area contributed by atoms with Crippen LogP contribution in [-0.4, -0.2) is 45.2 Å². The van der Waals surface area contributed by atoms with Gasteiger partial charge < -0.3 is 24.4 Å². The summed E-state index contributed by atoms with van der Waals surface area (Å²) < 4.78 is 16.7. The maximum absolute atomic E-state index is 12.5. The fraction of sp³-hybridized carbons (Fsp3) is 0.348. The van der Waals surface area contributed by atoms with Crippen LogP contribution >= 0.6 is 15.9 Å². The molecule has 0 radical (unpaired) electrons. The summed E-state index contributed by atoms with van der Waals surface area (Å²) in [6.07, 6.45) is 0.742. The van der Waals surface area contributed by atoms with Crippen LogP contribution in [0.5, 0.6) is 11.5 Å². The van der Waals surface area contributed by atoms with Crippen LogP contribution in [0.3, 0.4) is 0 Å². The molecular formula is C23H25BrN2O6. The van der Waals surface area contributed by atoms with Gasteiger partial charge in [-0.2, -0.15) is 0 Å². The number of rotatable bonds is 8. The van der Waals surface area contributed by atoms with Crippen molar-refractivity contribution in [1.82, 2.24) is 0 Å². The van der Waals surface area contributed by atoms with Crippen LogP contribution in [0.15, 0.2) is 40.9 Å². The molecule has 2 aromatic carbocycles. The minimum atomic E-state index is -0.666. The van der Waals surface area contributed by atoms with Crippen molar-refractivity contribution in [1.29, 1.82) is 0 Å². The van der Waals surface area contributed by atoms with Gasteiger partial charge in [-0.05, 0) is 42.3 Å². The van der Waals surface area contributed by atoms with Crippen molar-refractivity contribution in [3.05, 3.63) is 46.4 Å². The average molecular weight is 505 g/mol. The van der Waals surface area contributed by atoms with Crippen LogP contribution in [0.25, 0.3) is 0 Å². The average Bonchev–Trinajstić information content (AvgIpc) is 3.19. The molecule has 1 heterocycles. The molecule has 0 spiro atoms. The molecule has 1 atom stereocenters. The lowest BCUT2D eigenvalue weighted by Crippen LogP contribution is -2.28. The molecule has 0 aliphatic carbocycles. The lowest BCUT2D eigenvalue weighted by molar-refractivity contribution is -0.151. The monoisotopic (exact) mass is 504 g/mol. The number of carbonyl (C=O) groups excluding carboxylic acids is 3. The zero-order valence-corrected chi connectivity index (χ0v) is 19.7. The topological polar surface area (TPSA) is 94.2 Å². The van der Waals surface area contributed by atoms with Crippen LogP contribution in [0, 0.1) is 5.92 Å². The Kier molecular flexibility index (Phi) is 7.74. The molecule has 2 aromatic rings. The van der Waals surface area contributed by atoms with E-state index in [-0.39, 0.29) is 18.9 Å². The summed E-state index contributed by atoms with van der Waals surface area (Å²) in [6.45, 7) is 1.71. The summed E-state index contributed by atoms with van der Waals surface area (Å²) in [4.78, 5) is 38.8. The van der Waals surface area contributed by atoms with Crippen molar-refractivity contribution in [3.63, 3.8) is 0 Å². The summed E-state index contributed by atoms with van der Waals surface area (Å²) in [7, 11) is 3.04. The van der Waals surface area contributed by atoms with E-state index in [0.717, 1.165) is 16.5 Å². The van der Waals surface area contributed by atoms with Crippen molar-refractivity contribution < 1.29 is 28.6 Å². The molecule has 3 rings (SSSR count). The first-order valence-electron chi connectivity index (χ1n) is 10.1. The van der Waals surface area contributed by atoms with Crippen molar-refractivity contribution in [2.45, 2.75) is 19.8 Å². The number of ether oxygens (including phenoxy) is 3. The van der Waals surface area contributed by atoms with Gasteiger partial charge in [0.25, 0.3) is 5.91 Å². The standard InChI is InChI=1S/C23H25BrN2O6/c1-4-14-9-16(24)5-7-18(14)25-21(27)13-32-23(29)15-10-22(28)26(12-15)19-8-6-17(30-2)11-20(19)31-3/h5-9,11,15H,4,10,12-13H2,1-3H3,(H,25,27)/t15-/m1/s1. The van der Waals surface area contributed by atoms with Crippen LogP contribution < -0.4 is 19.7 Å². The summed E-state index contributed by atoms with van der Waals surface area (Å²) in [5, 5.41) is 2.76. The van der Waals surface area contributed by atoms with E-state index in [9.17, 15) is 14.4 Å². The lowest BCUT2D eigenvalue weighted by atomic mass is 10.1. The highest BCUT2D eigenvalue weighted by atomic mass is 79.9. The van der Waals surface area contributed by atoms with Crippen LogP contribution in [0.2, 0.25) is 0 Å². The van der Waals surface area contributed by atoms with Gasteiger partial charge in [-0.15, -0.1) is 0 Å². The number of aryl methyl sites for hydroxylation is 1. The Balaban J connectivity index is 1.59. The molecule has 170 valence electrons. The first-order chi connectivity index (χ1) is 15.4. The Morgan fingerprint density at radius 1 is 1.16 bits per heavy atom. The predicted molar refractivity (Wildman–Crippen MR) is 123 cm³/mol. The number of carbonyl (C=O) groups is 3. The van der Waals surface area contributed by atoms with E-state index in [2.05, 4.69) is 21.2 Å². The molecule has 0 saturated carbocycles. The highest BCUT2D eigenvalue weighted by molar-refractivity contribution is 9.10. The highest BCUT2D eigenvalue weighted by Crippen LogP contribution is 2.36. The zero-order valence-electron chi connectivity index (χ0n) is 18.1. The summed E-state index contributed by atoms with van der Waals surface area (Å²) in [5.74, 6) is -0.852. The number of nitrogens with zero attached hydrogens (tertiary/aromatic N) is 1. The van der Waals surface area contributed by atoms with E-state index in [1.54, 1.807) is 24.3 Å². The number of esters is 1. The van der Waals surface area contributed by atoms with Gasteiger partial charge in [-0.1, -0.05) is 22.9 Å². The second-order valence-corrected chi connectivity index (χ2v) is 8.17. The molecule has 1 N–H and O–H groups in total. The van der Waals surface area contributed by atoms with Gasteiger partial charge in [-0.25, -0.2) is 0 Å². The number of nitrogens with one attached hydrogen (secondary N) is 1. The van der Waals surface area contributed by atoms with Crippen LogP contribution in [0.1, 0.15) is 18.9 Å². The fourth-order valence-electron chi connectivity index (χ4n) is 3.52. The van der Waals surface area contributed by atoms with Gasteiger partial charge in [-0.3, -0.25) is 14.4 Å². The van der Waals surface area contributed by atoms with Gasteiger partial charge in [0.2, 0.25) is 5.91 Å². The Labute approximate surface area is 194 Å². The summed E-state index contributed by atoms with van der Waals surface area (Å²) >= 11 is 3.41. The second kappa shape index (κ2) is 10.5. The molecule has 32 heavy (non-hydrogen) atoms. The first-order valence-corrected chi connectivity index (χ1v) is 10.9. The highest BCUT2D eigenvalue weighted by Gasteiger charge is 2.37. The predicted octanol–water partition coefficient (Wildman–Crippen LogP) is 3.56. The molecule has 1 saturated heterocycles. The molecule has 0 aromatic heterocycles. The second-order valence-electron chi connectivity index (χ2n) is 7.25. The number of hydrogen-bond acceptors (Lipinski definition) is 6. The lowest BCUT2D eigenvalue weighted by Gasteiger charge is -2.20. The van der Waals surface area contributed by atoms with E-state index >= 15 is 0 Å². The fourth-order valence-corrected chi connectivity index (χ4v) is 3.93. The first kappa shape index (κ1) is 23.6. The molecule has 1 aliphatic heterocycles. The summed E-state index contributed by atoms with van der Waals surface area (Å²) in [5.41, 5.74) is 2.18. The molecule has 1 aliphatic rings. The van der Waals surface area contributed by atoms with Gasteiger partial charge in [0.1, 0.15) is 11.5 Å². The third kappa shape index (κ3) is 5.40. The molecular weight excluding hydrogens is 480 g/mol. The van der Waals surface area contributed by atoms with Crippen molar-refractivity contribution in [2.75, 3.05) is 37.6 Å². The zero-order chi connectivity index (χ0) is 23.3. The van der Waals surface area contributed by atoms with E-state index in [1.807, 2.05) is 19.1 Å². The maximum Gasteiger partial charge on any atom is 0.311 e. The molecule has 0 bridgehead atoms. The Morgan fingerprint density at radius 2 is 1.94 bits per heavy atom. The quantitative estimate of drug-likeness (QED) is 0.552. The molecule has 9 heteroatoms. The Hall–Kier alpha value is -3.07. The van der Waals surface area contributed by atoms with Gasteiger partial charge in [0.15, 0.2) is 6.61 Å². The van der Waals surface area contributed by atoms with E-state index in [1.165, 1.54) is 19.1 Å². The van der Waals surface area contributed by atoms with E-state index < -0.39 is 24.4 Å². The third-order valence-electron chi connectivity index (χ3n) is 5.20. The maximum atomic E-state index is 12.5. The minimum Gasteiger partial charge on any atom is -0.497 e. The number of halogens is 1. The van der Waals surface area contributed by atoms with Crippen LogP contribution in [0.4, 0.5) is 11.4 Å². The largest absolute Gasteiger partial charge is 0.497 e. The van der Waals surface area contributed by atoms with Crippen molar-refractivity contribution in [3.8, 4) is 11.5 Å². The third-order valence-corrected chi connectivity index (χ3v) is 5.70. The number of amides is 2. The van der Waals surface area contributed by atoms with E-state index in [0.29, 0.717) is 22.9 Å². The SMILES string of the molecule is CCc1cc(Br)ccc1NC(=O)COC(=O)[C@@H]1CC(=O)N(c2ccc(OC)cc2OC)C1. The minimum absolute atomic E-state index is 0.00231. The number of hydrogen-bond donors (Lipinski definition) is 1. The Bertz CT molecular complexity index is 1030. The van der Waals surface area contributed by atoms with Crippen molar-refractivity contribution in [2.24, 2.45) is 5.92 Å². The molecule has 0 unspecified atom stereocenters. The van der Waals surface area contributed by atoms with E-state index in [4.69, 9.17) is 14.2 Å². The van der Waals surface area contributed by atoms with Gasteiger partial charge in [0, 0.05) is 29.2 Å². The molecule has 1 fully saturated rings. The Morgan fingerprint density at radius 3 is 2.62 bits per heavy atom. The molecule has 8 nitrogen and oxygen atoms in total. The van der Waals surface area contributed by atoms with Gasteiger partial charge >= 0.3 is 5.97 Å². The molecule has 2 amide bonds. The van der Waals surface area contributed by atoms with Crippen LogP contribution in [-0.2, 0) is 25.5 Å². The smallest absolute Gasteiger partial charge is 0.311 e.